The van der Waals surface area contributed by atoms with E-state index < -0.39 is 22.1 Å². The van der Waals surface area contributed by atoms with Gasteiger partial charge in [0.1, 0.15) is 17.4 Å². The Kier molecular flexibility index (Phi) is 4.47. The second-order valence-corrected chi connectivity index (χ2v) is 5.21. The van der Waals surface area contributed by atoms with Crippen LogP contribution in [0.1, 0.15) is 23.7 Å². The van der Waals surface area contributed by atoms with Crippen molar-refractivity contribution in [2.45, 2.75) is 24.3 Å². The minimum atomic E-state index is -4.00. The van der Waals surface area contributed by atoms with Gasteiger partial charge in [-0.2, -0.15) is 5.26 Å². The molecule has 0 heterocycles. The van der Waals surface area contributed by atoms with Gasteiger partial charge in [0.25, 0.3) is 0 Å². The minimum absolute atomic E-state index is 0.0756. The van der Waals surface area contributed by atoms with Crippen LogP contribution < -0.4 is 9.88 Å². The maximum atomic E-state index is 11.1. The van der Waals surface area contributed by atoms with E-state index in [1.807, 2.05) is 6.07 Å². The third-order valence-corrected chi connectivity index (χ3v) is 3.20. The van der Waals surface area contributed by atoms with E-state index in [4.69, 9.17) is 20.2 Å². The van der Waals surface area contributed by atoms with Crippen LogP contribution >= 0.6 is 0 Å². The van der Waals surface area contributed by atoms with Crippen LogP contribution in [0.25, 0.3) is 0 Å². The van der Waals surface area contributed by atoms with Crippen LogP contribution in [0.5, 0.6) is 5.75 Å². The van der Waals surface area contributed by atoms with E-state index in [9.17, 15) is 13.2 Å². The van der Waals surface area contributed by atoms with Crippen molar-refractivity contribution in [2.75, 3.05) is 0 Å². The predicted molar refractivity (Wildman–Crippen MR) is 65.1 cm³/mol. The zero-order valence-corrected chi connectivity index (χ0v) is 10.8. The van der Waals surface area contributed by atoms with Crippen LogP contribution in [-0.4, -0.2) is 25.6 Å². The molecule has 3 N–H and O–H groups in total. The summed E-state index contributed by atoms with van der Waals surface area (Å²) >= 11 is 0. The maximum Gasteiger partial charge on any atom is 0.339 e. The maximum absolute atomic E-state index is 11.1. The topological polar surface area (TPSA) is 130 Å². The molecule has 0 amide bonds. The van der Waals surface area contributed by atoms with E-state index in [1.54, 1.807) is 6.92 Å². The van der Waals surface area contributed by atoms with Crippen LogP contribution in [0.2, 0.25) is 0 Å². The SMILES string of the molecule is CCC(C#N)Oc1ccc(S(N)(=O)=O)cc1C(=O)O. The zero-order chi connectivity index (χ0) is 14.6. The Labute approximate surface area is 110 Å². The molecule has 1 aromatic carbocycles. The molecular formula is C11H12N2O5S. The highest BCUT2D eigenvalue weighted by atomic mass is 32.2. The largest absolute Gasteiger partial charge is 0.478 e. The number of nitrogens with zero attached hydrogens (tertiary/aromatic N) is 1. The van der Waals surface area contributed by atoms with E-state index in [1.165, 1.54) is 6.07 Å². The standard InChI is InChI=1S/C11H12N2O5S/c1-2-7(6-12)18-10-4-3-8(19(13,16)17)5-9(10)11(14)15/h3-5,7H,2H2,1H3,(H,14,15)(H2,13,16,17). The summed E-state index contributed by atoms with van der Waals surface area (Å²) < 4.78 is 27.5. The number of carbonyl (C=O) groups is 1. The van der Waals surface area contributed by atoms with E-state index in [0.29, 0.717) is 6.42 Å². The Morgan fingerprint density at radius 2 is 2.21 bits per heavy atom. The smallest absolute Gasteiger partial charge is 0.339 e. The summed E-state index contributed by atoms with van der Waals surface area (Å²) in [6, 6.07) is 5.05. The Hall–Kier alpha value is -2.11. The average Bonchev–Trinajstić information content (AvgIpc) is 2.34. The van der Waals surface area contributed by atoms with Gasteiger partial charge in [0.2, 0.25) is 10.0 Å². The van der Waals surface area contributed by atoms with Crippen molar-refractivity contribution in [3.8, 4) is 11.8 Å². The van der Waals surface area contributed by atoms with Gasteiger partial charge in [-0.1, -0.05) is 6.92 Å². The number of benzene rings is 1. The molecule has 0 saturated carbocycles. The van der Waals surface area contributed by atoms with Gasteiger partial charge < -0.3 is 9.84 Å². The molecule has 8 heteroatoms. The first kappa shape index (κ1) is 14.9. The fourth-order valence-electron chi connectivity index (χ4n) is 1.31. The molecule has 1 rings (SSSR count). The number of rotatable bonds is 5. The number of carboxylic acid groups (broad SMARTS) is 1. The second kappa shape index (κ2) is 5.69. The van der Waals surface area contributed by atoms with Crippen LogP contribution in [0.15, 0.2) is 23.1 Å². The molecule has 1 aromatic rings. The van der Waals surface area contributed by atoms with Gasteiger partial charge in [-0.05, 0) is 24.6 Å². The molecule has 0 aliphatic rings. The lowest BCUT2D eigenvalue weighted by Crippen LogP contribution is -2.16. The predicted octanol–water partition coefficient (Wildman–Crippen LogP) is 0.713. The van der Waals surface area contributed by atoms with Crippen molar-refractivity contribution in [1.29, 1.82) is 5.26 Å². The Balaban J connectivity index is 3.28. The molecule has 0 aliphatic carbocycles. The van der Waals surface area contributed by atoms with Crippen molar-refractivity contribution in [1.82, 2.24) is 0 Å². The average molecular weight is 284 g/mol. The van der Waals surface area contributed by atoms with Crippen molar-refractivity contribution < 1.29 is 23.1 Å². The van der Waals surface area contributed by atoms with Gasteiger partial charge in [0.05, 0.1) is 4.90 Å². The summed E-state index contributed by atoms with van der Waals surface area (Å²) in [4.78, 5) is 10.7. The molecular weight excluding hydrogens is 272 g/mol. The molecule has 0 saturated heterocycles. The summed E-state index contributed by atoms with van der Waals surface area (Å²) in [5.41, 5.74) is -0.361. The van der Waals surface area contributed by atoms with Crippen LogP contribution in [0, 0.1) is 11.3 Å². The summed E-state index contributed by atoms with van der Waals surface area (Å²) in [5, 5.41) is 22.7. The minimum Gasteiger partial charge on any atom is -0.478 e. The van der Waals surface area contributed by atoms with Gasteiger partial charge in [-0.15, -0.1) is 0 Å². The van der Waals surface area contributed by atoms with Crippen molar-refractivity contribution >= 4 is 16.0 Å². The quantitative estimate of drug-likeness (QED) is 0.818. The van der Waals surface area contributed by atoms with Gasteiger partial charge >= 0.3 is 5.97 Å². The lowest BCUT2D eigenvalue weighted by molar-refractivity contribution is 0.0690. The zero-order valence-electron chi connectivity index (χ0n) is 10.0. The number of carboxylic acids is 1. The highest BCUT2D eigenvalue weighted by Crippen LogP contribution is 2.23. The monoisotopic (exact) mass is 284 g/mol. The summed E-state index contributed by atoms with van der Waals surface area (Å²) in [7, 11) is -4.00. The van der Waals surface area contributed by atoms with E-state index in [-0.39, 0.29) is 16.2 Å². The van der Waals surface area contributed by atoms with Crippen LogP contribution in [0.3, 0.4) is 0 Å². The Bertz CT molecular complexity index is 633. The number of nitriles is 1. The molecule has 19 heavy (non-hydrogen) atoms. The second-order valence-electron chi connectivity index (χ2n) is 3.65. The molecule has 0 bridgehead atoms. The van der Waals surface area contributed by atoms with Crippen LogP contribution in [0.4, 0.5) is 0 Å². The number of sulfonamides is 1. The van der Waals surface area contributed by atoms with Crippen molar-refractivity contribution in [2.24, 2.45) is 5.14 Å². The molecule has 0 spiro atoms. The fraction of sp³-hybridized carbons (Fsp3) is 0.273. The summed E-state index contributed by atoms with van der Waals surface area (Å²) in [6.07, 6.45) is -0.439. The molecule has 0 radical (unpaired) electrons. The molecule has 0 aliphatic heterocycles. The molecule has 1 atom stereocenters. The number of nitrogens with two attached hydrogens (primary N) is 1. The third-order valence-electron chi connectivity index (χ3n) is 2.29. The highest BCUT2D eigenvalue weighted by Gasteiger charge is 2.19. The molecule has 1 unspecified atom stereocenters. The number of hydrogen-bond donors (Lipinski definition) is 2. The number of hydrogen-bond acceptors (Lipinski definition) is 5. The lowest BCUT2D eigenvalue weighted by Gasteiger charge is -2.13. The summed E-state index contributed by atoms with van der Waals surface area (Å²) in [5.74, 6) is -1.44. The Morgan fingerprint density at radius 3 is 2.63 bits per heavy atom. The van der Waals surface area contributed by atoms with Gasteiger partial charge in [-0.3, -0.25) is 0 Å². The van der Waals surface area contributed by atoms with E-state index >= 15 is 0 Å². The lowest BCUT2D eigenvalue weighted by atomic mass is 10.2. The first-order valence-electron chi connectivity index (χ1n) is 5.26. The number of ether oxygens (including phenoxy) is 1. The number of aromatic carboxylic acids is 1. The molecule has 7 nitrogen and oxygen atoms in total. The summed E-state index contributed by atoms with van der Waals surface area (Å²) in [6.45, 7) is 1.70. The van der Waals surface area contributed by atoms with Gasteiger partial charge in [0, 0.05) is 0 Å². The highest BCUT2D eigenvalue weighted by molar-refractivity contribution is 7.89. The van der Waals surface area contributed by atoms with Crippen molar-refractivity contribution in [3.63, 3.8) is 0 Å². The first-order valence-corrected chi connectivity index (χ1v) is 6.80. The molecule has 102 valence electrons. The van der Waals surface area contributed by atoms with Gasteiger partial charge in [0.15, 0.2) is 6.10 Å². The van der Waals surface area contributed by atoms with E-state index in [0.717, 1.165) is 12.1 Å². The molecule has 0 aromatic heterocycles. The number of primary sulfonamides is 1. The normalized spacial score (nSPS) is 12.5. The van der Waals surface area contributed by atoms with Gasteiger partial charge in [-0.25, -0.2) is 18.4 Å². The molecule has 0 fully saturated rings. The first-order chi connectivity index (χ1) is 8.79. The van der Waals surface area contributed by atoms with Crippen LogP contribution in [-0.2, 0) is 10.0 Å². The van der Waals surface area contributed by atoms with E-state index in [2.05, 4.69) is 0 Å². The fourth-order valence-corrected chi connectivity index (χ4v) is 1.85. The van der Waals surface area contributed by atoms with Crippen molar-refractivity contribution in [3.05, 3.63) is 23.8 Å². The third kappa shape index (κ3) is 3.67. The Morgan fingerprint density at radius 1 is 1.58 bits per heavy atom.